The first kappa shape index (κ1) is 27.7. The minimum Gasteiger partial charge on any atom is -0.480 e. The highest BCUT2D eigenvalue weighted by Gasteiger charge is 2.68. The fraction of sp³-hybridized carbons (Fsp3) is 0.379. The molecule has 2 aromatic carbocycles. The van der Waals surface area contributed by atoms with Gasteiger partial charge in [0.2, 0.25) is 11.8 Å². The Bertz CT molecular complexity index is 1350. The summed E-state index contributed by atoms with van der Waals surface area (Å²) in [5.74, 6) is -4.59. The number of carbonyl (C=O) groups excluding carboxylic acids is 2. The topological polar surface area (TPSA) is 154 Å². The third-order valence-electron chi connectivity index (χ3n) is 7.58. The number of fused-ring (bicyclic) bond motifs is 1. The number of nitro groups is 1. The van der Waals surface area contributed by atoms with E-state index in [1.54, 1.807) is 24.3 Å². The van der Waals surface area contributed by atoms with Crippen molar-refractivity contribution < 1.29 is 24.4 Å². The highest BCUT2D eigenvalue weighted by Crippen LogP contribution is 2.50. The van der Waals surface area contributed by atoms with Gasteiger partial charge < -0.3 is 5.11 Å². The quantitative estimate of drug-likeness (QED) is 0.146. The van der Waals surface area contributed by atoms with Gasteiger partial charge in [0.15, 0.2) is 0 Å². The van der Waals surface area contributed by atoms with Crippen molar-refractivity contribution in [2.45, 2.75) is 50.6 Å². The molecule has 2 heterocycles. The largest absolute Gasteiger partial charge is 0.480 e. The summed E-state index contributed by atoms with van der Waals surface area (Å²) in [6, 6.07) is 13.3. The summed E-state index contributed by atoms with van der Waals surface area (Å²) < 4.78 is 0. The number of aliphatic carboxylic acids is 1. The minimum absolute atomic E-state index is 0.132. The lowest BCUT2D eigenvalue weighted by Gasteiger charge is -2.31. The predicted octanol–water partition coefficient (Wildman–Crippen LogP) is 3.91. The van der Waals surface area contributed by atoms with Gasteiger partial charge in [-0.1, -0.05) is 62.2 Å². The van der Waals surface area contributed by atoms with Crippen LogP contribution in [0.1, 0.15) is 55.3 Å². The smallest absolute Gasteiger partial charge is 0.325 e. The first-order valence-corrected chi connectivity index (χ1v) is 13.0. The van der Waals surface area contributed by atoms with Gasteiger partial charge in [-0.25, -0.2) is 0 Å². The van der Waals surface area contributed by atoms with Gasteiger partial charge in [0.1, 0.15) is 5.54 Å². The number of carbonyl (C=O) groups is 3. The molecule has 4 rings (SSSR count). The second kappa shape index (κ2) is 11.6. The lowest BCUT2D eigenvalue weighted by molar-refractivity contribution is -0.384. The molecule has 202 valence electrons. The number of carboxylic acid groups (broad SMARTS) is 1. The molecule has 2 aromatic rings. The first-order valence-electron chi connectivity index (χ1n) is 13.0. The van der Waals surface area contributed by atoms with E-state index in [0.29, 0.717) is 17.5 Å². The summed E-state index contributed by atoms with van der Waals surface area (Å²) in [4.78, 5) is 52.1. The number of non-ortho nitro benzene ring substituents is 1. The minimum atomic E-state index is -1.87. The molecule has 0 bridgehead atoms. The molecule has 4 unspecified atom stereocenters. The van der Waals surface area contributed by atoms with Crippen LogP contribution in [0.3, 0.4) is 0 Å². The van der Waals surface area contributed by atoms with E-state index in [-0.39, 0.29) is 24.2 Å². The van der Waals surface area contributed by atoms with Crippen LogP contribution in [0.15, 0.2) is 60.7 Å². The highest BCUT2D eigenvalue weighted by molar-refractivity contribution is 6.09. The fourth-order valence-corrected chi connectivity index (χ4v) is 5.67. The number of hydrogen-bond acceptors (Lipinski definition) is 7. The van der Waals surface area contributed by atoms with Crippen molar-refractivity contribution in [3.63, 3.8) is 0 Å². The van der Waals surface area contributed by atoms with Gasteiger partial charge in [-0.15, -0.1) is 0 Å². The molecule has 2 aliphatic rings. The Hall–Kier alpha value is -4.36. The Balaban J connectivity index is 1.74. The molecule has 39 heavy (non-hydrogen) atoms. The molecule has 0 aromatic heterocycles. The molecule has 2 amide bonds. The summed E-state index contributed by atoms with van der Waals surface area (Å²) in [5, 5.41) is 34.5. The van der Waals surface area contributed by atoms with E-state index in [0.717, 1.165) is 24.2 Å². The van der Waals surface area contributed by atoms with E-state index < -0.39 is 46.1 Å². The SMILES string of the molecule is CCCC/C=C/CCN1C(=O)C2C(c3ccccc3C#N)NC(Cc3ccc([N+](=O)[O-])cc3)(C(=O)O)C2C1=O. The van der Waals surface area contributed by atoms with Crippen molar-refractivity contribution in [1.82, 2.24) is 10.2 Å². The lowest BCUT2D eigenvalue weighted by atomic mass is 9.76. The number of amides is 2. The van der Waals surface area contributed by atoms with Crippen LogP contribution in [0.4, 0.5) is 5.69 Å². The number of unbranched alkanes of at least 4 members (excludes halogenated alkanes) is 2. The Kier molecular flexibility index (Phi) is 8.21. The lowest BCUT2D eigenvalue weighted by Crippen LogP contribution is -2.57. The summed E-state index contributed by atoms with van der Waals surface area (Å²) in [6.45, 7) is 2.22. The van der Waals surface area contributed by atoms with Crippen molar-refractivity contribution >= 4 is 23.5 Å². The third-order valence-corrected chi connectivity index (χ3v) is 7.58. The molecule has 0 aliphatic carbocycles. The number of imide groups is 1. The number of rotatable bonds is 11. The molecule has 2 saturated heterocycles. The number of carboxylic acids is 1. The zero-order chi connectivity index (χ0) is 28.2. The van der Waals surface area contributed by atoms with Crippen LogP contribution in [0, 0.1) is 33.3 Å². The van der Waals surface area contributed by atoms with Gasteiger partial charge in [-0.05, 0) is 30.0 Å². The Morgan fingerprint density at radius 2 is 1.85 bits per heavy atom. The fourth-order valence-electron chi connectivity index (χ4n) is 5.67. The van der Waals surface area contributed by atoms with Crippen LogP contribution in [-0.4, -0.2) is 44.8 Å². The Morgan fingerprint density at radius 3 is 2.49 bits per heavy atom. The number of nitro benzene ring substituents is 1. The summed E-state index contributed by atoms with van der Waals surface area (Å²) in [7, 11) is 0. The van der Waals surface area contributed by atoms with Crippen molar-refractivity contribution in [3.05, 3.63) is 87.5 Å². The second-order valence-electron chi connectivity index (χ2n) is 9.93. The number of benzene rings is 2. The summed E-state index contributed by atoms with van der Waals surface area (Å²) in [6.07, 6.45) is 7.20. The van der Waals surface area contributed by atoms with Crippen LogP contribution in [0.2, 0.25) is 0 Å². The molecule has 4 atom stereocenters. The molecule has 10 heteroatoms. The molecule has 0 saturated carbocycles. The number of nitrogens with zero attached hydrogens (tertiary/aromatic N) is 3. The van der Waals surface area contributed by atoms with Crippen LogP contribution >= 0.6 is 0 Å². The van der Waals surface area contributed by atoms with Gasteiger partial charge in [-0.2, -0.15) is 5.26 Å². The summed E-state index contributed by atoms with van der Waals surface area (Å²) in [5.41, 5.74) is -0.827. The van der Waals surface area contributed by atoms with Gasteiger partial charge in [-0.3, -0.25) is 34.7 Å². The maximum atomic E-state index is 13.8. The summed E-state index contributed by atoms with van der Waals surface area (Å²) >= 11 is 0. The van der Waals surface area contributed by atoms with Crippen LogP contribution in [0.25, 0.3) is 0 Å². The number of nitrogens with one attached hydrogen (secondary N) is 1. The number of likely N-dealkylation sites (tertiary alicyclic amines) is 1. The number of nitriles is 1. The molecule has 2 N–H and O–H groups in total. The van der Waals surface area contributed by atoms with Crippen LogP contribution in [-0.2, 0) is 20.8 Å². The zero-order valence-electron chi connectivity index (χ0n) is 21.6. The molecule has 0 radical (unpaired) electrons. The molecule has 10 nitrogen and oxygen atoms in total. The van der Waals surface area contributed by atoms with Crippen molar-refractivity contribution in [2.24, 2.45) is 11.8 Å². The highest BCUT2D eigenvalue weighted by atomic mass is 16.6. The van der Waals surface area contributed by atoms with Gasteiger partial charge in [0.25, 0.3) is 5.69 Å². The molecule has 2 fully saturated rings. The van der Waals surface area contributed by atoms with Crippen LogP contribution in [0.5, 0.6) is 0 Å². The van der Waals surface area contributed by atoms with Gasteiger partial charge in [0.05, 0.1) is 28.4 Å². The average molecular weight is 531 g/mol. The van der Waals surface area contributed by atoms with Crippen molar-refractivity contribution in [3.8, 4) is 6.07 Å². The maximum Gasteiger partial charge on any atom is 0.325 e. The van der Waals surface area contributed by atoms with Crippen LogP contribution < -0.4 is 5.32 Å². The van der Waals surface area contributed by atoms with Crippen molar-refractivity contribution in [2.75, 3.05) is 6.54 Å². The van der Waals surface area contributed by atoms with Gasteiger partial charge in [0, 0.05) is 31.1 Å². The normalized spacial score (nSPS) is 24.2. The van der Waals surface area contributed by atoms with E-state index in [2.05, 4.69) is 18.3 Å². The van der Waals surface area contributed by atoms with Crippen molar-refractivity contribution in [1.29, 1.82) is 5.26 Å². The number of allylic oxidation sites excluding steroid dienone is 1. The Morgan fingerprint density at radius 1 is 1.15 bits per heavy atom. The van der Waals surface area contributed by atoms with E-state index >= 15 is 0 Å². The standard InChI is InChI=1S/C29H30N4O6/c1-2-3-4-5-6-9-16-32-26(34)23-24(27(32)35)29(28(36)37,17-19-12-14-21(15-13-19)33(38)39)31-25(23)22-11-8-7-10-20(22)18-30/h5-8,10-15,23-25,31H,2-4,9,16-17H2,1H3,(H,36,37)/b6-5+. The molecular weight excluding hydrogens is 500 g/mol. The third kappa shape index (κ3) is 5.18. The Labute approximate surface area is 226 Å². The maximum absolute atomic E-state index is 13.8. The zero-order valence-corrected chi connectivity index (χ0v) is 21.6. The molecule has 0 spiro atoms. The van der Waals surface area contributed by atoms with E-state index in [1.165, 1.54) is 24.3 Å². The molecule has 2 aliphatic heterocycles. The second-order valence-corrected chi connectivity index (χ2v) is 9.93. The van der Waals surface area contributed by atoms with Gasteiger partial charge >= 0.3 is 5.97 Å². The van der Waals surface area contributed by atoms with E-state index in [4.69, 9.17) is 0 Å². The monoisotopic (exact) mass is 530 g/mol. The van der Waals surface area contributed by atoms with E-state index in [9.17, 15) is 34.9 Å². The average Bonchev–Trinajstić information content (AvgIpc) is 3.40. The van der Waals surface area contributed by atoms with E-state index in [1.807, 2.05) is 12.2 Å². The molecular formula is C29H30N4O6. The predicted molar refractivity (Wildman–Crippen MR) is 141 cm³/mol. The first-order chi connectivity index (χ1) is 18.7. The number of hydrogen-bond donors (Lipinski definition) is 2.